The molecule has 0 aromatic heterocycles. The smallest absolute Gasteiger partial charge is 0.286 e. The molecular weight excluding hydrogens is 362 g/mol. The van der Waals surface area contributed by atoms with Gasteiger partial charge in [0, 0.05) is 23.9 Å². The molecule has 1 fully saturated rings. The monoisotopic (exact) mass is 375 g/mol. The van der Waals surface area contributed by atoms with Gasteiger partial charge < -0.3 is 0 Å². The van der Waals surface area contributed by atoms with Crippen molar-refractivity contribution in [3.63, 3.8) is 0 Å². The number of aliphatic imine (C=N–C) groups is 1. The van der Waals surface area contributed by atoms with Gasteiger partial charge in [0.15, 0.2) is 5.17 Å². The van der Waals surface area contributed by atoms with Gasteiger partial charge in [0.2, 0.25) is 0 Å². The van der Waals surface area contributed by atoms with Gasteiger partial charge in [-0.05, 0) is 30.7 Å². The van der Waals surface area contributed by atoms with E-state index >= 15 is 0 Å². The van der Waals surface area contributed by atoms with Crippen LogP contribution in [0, 0.1) is 17.0 Å². The molecule has 0 aliphatic carbocycles. The van der Waals surface area contributed by atoms with Crippen molar-refractivity contribution in [1.29, 1.82) is 0 Å². The number of para-hydroxylation sites is 1. The van der Waals surface area contributed by atoms with Crippen LogP contribution in [0.5, 0.6) is 0 Å². The number of aryl methyl sites for hydroxylation is 1. The van der Waals surface area contributed by atoms with Crippen LogP contribution in [0.15, 0.2) is 47.5 Å². The number of halogens is 1. The molecule has 0 atom stereocenters. The molecule has 6 nitrogen and oxygen atoms in total. The lowest BCUT2D eigenvalue weighted by Crippen LogP contribution is -2.31. The van der Waals surface area contributed by atoms with E-state index in [0.717, 1.165) is 17.0 Å². The molecule has 0 saturated carbocycles. The third-order valence-corrected chi connectivity index (χ3v) is 5.02. The quantitative estimate of drug-likeness (QED) is 0.587. The molecule has 1 heterocycles. The Kier molecular flexibility index (Phi) is 5.06. The van der Waals surface area contributed by atoms with Crippen LogP contribution in [0.2, 0.25) is 5.02 Å². The summed E-state index contributed by atoms with van der Waals surface area (Å²) >= 11 is 7.30. The van der Waals surface area contributed by atoms with E-state index in [9.17, 15) is 14.9 Å². The Balaban J connectivity index is 1.93. The van der Waals surface area contributed by atoms with E-state index in [2.05, 4.69) is 4.99 Å². The number of carbonyl (C=O) groups is 1. The fourth-order valence-corrected chi connectivity index (χ4v) is 3.55. The van der Waals surface area contributed by atoms with Crippen LogP contribution in [0.4, 0.5) is 11.4 Å². The summed E-state index contributed by atoms with van der Waals surface area (Å²) in [5, 5.41) is 11.6. The number of hydrogen-bond acceptors (Lipinski definition) is 5. The molecule has 3 rings (SSSR count). The average Bonchev–Trinajstić information content (AvgIpc) is 3.04. The summed E-state index contributed by atoms with van der Waals surface area (Å²) in [5.74, 6) is 0.406. The van der Waals surface area contributed by atoms with Gasteiger partial charge in [0.05, 0.1) is 10.6 Å². The van der Waals surface area contributed by atoms with Crippen LogP contribution in [-0.2, 0) is 0 Å². The molecule has 1 aliphatic rings. The second kappa shape index (κ2) is 7.25. The molecule has 0 bridgehead atoms. The first-order chi connectivity index (χ1) is 12.0. The van der Waals surface area contributed by atoms with Crippen LogP contribution >= 0.6 is 23.4 Å². The molecule has 1 aliphatic heterocycles. The Bertz CT molecular complexity index is 885. The number of amidine groups is 1. The molecule has 0 spiro atoms. The molecule has 0 radical (unpaired) electrons. The molecule has 25 heavy (non-hydrogen) atoms. The maximum atomic E-state index is 12.8. The molecule has 1 saturated heterocycles. The predicted octanol–water partition coefficient (Wildman–Crippen LogP) is 4.43. The van der Waals surface area contributed by atoms with Gasteiger partial charge in [-0.2, -0.15) is 0 Å². The highest BCUT2D eigenvalue weighted by atomic mass is 35.5. The van der Waals surface area contributed by atoms with Crippen LogP contribution < -0.4 is 0 Å². The second-order valence-electron chi connectivity index (χ2n) is 5.41. The number of carbonyl (C=O) groups excluding carboxylic acids is 1. The lowest BCUT2D eigenvalue weighted by Gasteiger charge is -2.16. The Morgan fingerprint density at radius 1 is 1.32 bits per heavy atom. The third-order valence-electron chi connectivity index (χ3n) is 3.74. The van der Waals surface area contributed by atoms with Crippen LogP contribution in [-0.4, -0.2) is 33.2 Å². The first kappa shape index (κ1) is 17.4. The highest BCUT2D eigenvalue weighted by Gasteiger charge is 2.28. The summed E-state index contributed by atoms with van der Waals surface area (Å²) in [4.78, 5) is 29.3. The van der Waals surface area contributed by atoms with Crippen molar-refractivity contribution in [3.8, 4) is 0 Å². The van der Waals surface area contributed by atoms with Gasteiger partial charge in [-0.15, -0.1) is 0 Å². The molecule has 8 heteroatoms. The van der Waals surface area contributed by atoms with E-state index < -0.39 is 4.92 Å². The zero-order valence-electron chi connectivity index (χ0n) is 13.3. The van der Waals surface area contributed by atoms with Gasteiger partial charge in [0.25, 0.3) is 11.6 Å². The van der Waals surface area contributed by atoms with Crippen molar-refractivity contribution in [1.82, 2.24) is 4.90 Å². The number of nitrogens with zero attached hydrogens (tertiary/aromatic N) is 3. The number of benzene rings is 2. The van der Waals surface area contributed by atoms with Gasteiger partial charge >= 0.3 is 0 Å². The number of amides is 1. The molecule has 128 valence electrons. The van der Waals surface area contributed by atoms with E-state index in [0.29, 0.717) is 11.7 Å². The average molecular weight is 376 g/mol. The van der Waals surface area contributed by atoms with E-state index in [-0.39, 0.29) is 22.2 Å². The largest absolute Gasteiger partial charge is 0.288 e. The third kappa shape index (κ3) is 3.67. The Morgan fingerprint density at radius 2 is 2.08 bits per heavy atom. The number of nitro benzene ring substituents is 1. The zero-order valence-corrected chi connectivity index (χ0v) is 14.9. The fourth-order valence-electron chi connectivity index (χ4n) is 2.42. The zero-order chi connectivity index (χ0) is 18.0. The summed E-state index contributed by atoms with van der Waals surface area (Å²) in [6, 6.07) is 11.7. The molecule has 0 unspecified atom stereocenters. The normalized spacial score (nSPS) is 15.6. The van der Waals surface area contributed by atoms with Gasteiger partial charge in [-0.3, -0.25) is 19.8 Å². The summed E-state index contributed by atoms with van der Waals surface area (Å²) in [6.45, 7) is 2.46. The molecule has 0 N–H and O–H groups in total. The summed E-state index contributed by atoms with van der Waals surface area (Å²) in [7, 11) is 0. The Hall–Kier alpha value is -2.38. The Morgan fingerprint density at radius 3 is 2.80 bits per heavy atom. The van der Waals surface area contributed by atoms with Crippen LogP contribution in [0.25, 0.3) is 0 Å². The minimum absolute atomic E-state index is 0.00569. The van der Waals surface area contributed by atoms with Crippen molar-refractivity contribution in [2.24, 2.45) is 4.99 Å². The molecule has 2 aromatic carbocycles. The van der Waals surface area contributed by atoms with E-state index in [1.54, 1.807) is 4.90 Å². The van der Waals surface area contributed by atoms with Gasteiger partial charge in [0.1, 0.15) is 5.02 Å². The SMILES string of the molecule is Cc1ccccc1N=C1SCCN1C(=O)c1ccc(Cl)c([N+](=O)[O-])c1. The standard InChI is InChI=1S/C17H14ClN3O3S/c1-11-4-2-3-5-14(11)19-17-20(8-9-25-17)16(22)12-6-7-13(18)15(10-12)21(23)24/h2-7,10H,8-9H2,1H3. The minimum atomic E-state index is -0.597. The Labute approximate surface area is 153 Å². The van der Waals surface area contributed by atoms with Gasteiger partial charge in [-0.1, -0.05) is 41.6 Å². The lowest BCUT2D eigenvalue weighted by molar-refractivity contribution is -0.384. The predicted molar refractivity (Wildman–Crippen MR) is 99.9 cm³/mol. The number of hydrogen-bond donors (Lipinski definition) is 0. The van der Waals surface area contributed by atoms with E-state index in [4.69, 9.17) is 11.6 Å². The summed E-state index contributed by atoms with van der Waals surface area (Å²) in [5.41, 5.74) is 1.75. The second-order valence-corrected chi connectivity index (χ2v) is 6.88. The van der Waals surface area contributed by atoms with E-state index in [1.165, 1.54) is 30.0 Å². The molecule has 2 aromatic rings. The van der Waals surface area contributed by atoms with Crippen molar-refractivity contribution < 1.29 is 9.72 Å². The highest BCUT2D eigenvalue weighted by molar-refractivity contribution is 8.14. The summed E-state index contributed by atoms with van der Waals surface area (Å²) in [6.07, 6.45) is 0. The first-order valence-corrected chi connectivity index (χ1v) is 8.86. The molecule has 1 amide bonds. The maximum Gasteiger partial charge on any atom is 0.288 e. The first-order valence-electron chi connectivity index (χ1n) is 7.50. The summed E-state index contributed by atoms with van der Waals surface area (Å²) < 4.78 is 0. The number of thioether (sulfide) groups is 1. The van der Waals surface area contributed by atoms with Crippen molar-refractivity contribution in [2.45, 2.75) is 6.92 Å². The van der Waals surface area contributed by atoms with Crippen LogP contribution in [0.1, 0.15) is 15.9 Å². The van der Waals surface area contributed by atoms with Crippen molar-refractivity contribution in [2.75, 3.05) is 12.3 Å². The fraction of sp³-hybridized carbons (Fsp3) is 0.176. The van der Waals surface area contributed by atoms with Crippen molar-refractivity contribution in [3.05, 3.63) is 68.7 Å². The topological polar surface area (TPSA) is 75.8 Å². The number of rotatable bonds is 3. The van der Waals surface area contributed by atoms with Crippen molar-refractivity contribution >= 4 is 45.8 Å². The van der Waals surface area contributed by atoms with E-state index in [1.807, 2.05) is 31.2 Å². The highest BCUT2D eigenvalue weighted by Crippen LogP contribution is 2.29. The van der Waals surface area contributed by atoms with Gasteiger partial charge in [-0.25, -0.2) is 4.99 Å². The maximum absolute atomic E-state index is 12.8. The van der Waals surface area contributed by atoms with Crippen LogP contribution in [0.3, 0.4) is 0 Å². The lowest BCUT2D eigenvalue weighted by atomic mass is 10.2. The number of nitro groups is 1. The minimum Gasteiger partial charge on any atom is -0.286 e. The molecular formula is C17H14ClN3O3S.